The summed E-state index contributed by atoms with van der Waals surface area (Å²) < 4.78 is 10.8. The van der Waals surface area contributed by atoms with E-state index in [4.69, 9.17) is 9.15 Å². The van der Waals surface area contributed by atoms with E-state index in [1.54, 1.807) is 42.7 Å². The summed E-state index contributed by atoms with van der Waals surface area (Å²) in [5, 5.41) is 8.64. The van der Waals surface area contributed by atoms with Crippen molar-refractivity contribution in [1.82, 2.24) is 5.32 Å². The SMILES string of the molecule is C=C(C)COc1cccc(NCC(=O)Nc2ccc(C(=O)NCc3ccco3)cc2)c1. The molecule has 1 heterocycles. The smallest absolute Gasteiger partial charge is 0.251 e. The topological polar surface area (TPSA) is 92.6 Å². The summed E-state index contributed by atoms with van der Waals surface area (Å²) in [4.78, 5) is 24.4. The average molecular weight is 419 g/mol. The Hall–Kier alpha value is -4.00. The predicted molar refractivity (Wildman–Crippen MR) is 120 cm³/mol. The lowest BCUT2D eigenvalue weighted by Gasteiger charge is -2.10. The molecule has 0 aliphatic heterocycles. The van der Waals surface area contributed by atoms with Crippen LogP contribution >= 0.6 is 0 Å². The molecule has 0 saturated heterocycles. The lowest BCUT2D eigenvalue weighted by Crippen LogP contribution is -2.23. The van der Waals surface area contributed by atoms with E-state index in [0.717, 1.165) is 11.3 Å². The van der Waals surface area contributed by atoms with Crippen LogP contribution in [0, 0.1) is 0 Å². The van der Waals surface area contributed by atoms with Crippen molar-refractivity contribution >= 4 is 23.2 Å². The van der Waals surface area contributed by atoms with Crippen LogP contribution in [0.1, 0.15) is 23.0 Å². The predicted octanol–water partition coefficient (Wildman–Crippen LogP) is 4.22. The summed E-state index contributed by atoms with van der Waals surface area (Å²) in [6.07, 6.45) is 1.56. The van der Waals surface area contributed by atoms with E-state index in [9.17, 15) is 9.59 Å². The molecule has 0 atom stereocenters. The van der Waals surface area contributed by atoms with E-state index in [2.05, 4.69) is 22.5 Å². The second kappa shape index (κ2) is 10.7. The lowest BCUT2D eigenvalue weighted by atomic mass is 10.2. The molecule has 3 N–H and O–H groups in total. The maximum Gasteiger partial charge on any atom is 0.251 e. The van der Waals surface area contributed by atoms with E-state index in [1.807, 2.05) is 31.2 Å². The van der Waals surface area contributed by atoms with Gasteiger partial charge in [-0.3, -0.25) is 9.59 Å². The molecule has 2 amide bonds. The summed E-state index contributed by atoms with van der Waals surface area (Å²) in [6, 6.07) is 17.6. The maximum atomic E-state index is 12.2. The molecule has 160 valence electrons. The van der Waals surface area contributed by atoms with Gasteiger partial charge in [-0.2, -0.15) is 0 Å². The Morgan fingerprint density at radius 2 is 1.84 bits per heavy atom. The Balaban J connectivity index is 1.45. The van der Waals surface area contributed by atoms with Crippen molar-refractivity contribution in [1.29, 1.82) is 0 Å². The van der Waals surface area contributed by atoms with E-state index in [1.165, 1.54) is 0 Å². The van der Waals surface area contributed by atoms with Crippen LogP contribution in [0.5, 0.6) is 5.75 Å². The molecule has 0 spiro atoms. The number of carbonyl (C=O) groups excluding carboxylic acids is 2. The molecular formula is C24H25N3O4. The van der Waals surface area contributed by atoms with Crippen molar-refractivity contribution in [2.24, 2.45) is 0 Å². The number of hydrogen-bond acceptors (Lipinski definition) is 5. The Morgan fingerprint density at radius 3 is 2.55 bits per heavy atom. The number of nitrogens with one attached hydrogen (secondary N) is 3. The van der Waals surface area contributed by atoms with Gasteiger partial charge in [-0.05, 0) is 61.0 Å². The van der Waals surface area contributed by atoms with Crippen LogP contribution in [0.2, 0.25) is 0 Å². The third-order valence-electron chi connectivity index (χ3n) is 4.21. The highest BCUT2D eigenvalue weighted by Crippen LogP contribution is 2.18. The highest BCUT2D eigenvalue weighted by molar-refractivity contribution is 5.96. The summed E-state index contributed by atoms with van der Waals surface area (Å²) >= 11 is 0. The number of hydrogen-bond donors (Lipinski definition) is 3. The normalized spacial score (nSPS) is 10.2. The van der Waals surface area contributed by atoms with Crippen LogP contribution in [0.25, 0.3) is 0 Å². The molecule has 0 saturated carbocycles. The van der Waals surface area contributed by atoms with E-state index in [-0.39, 0.29) is 18.4 Å². The van der Waals surface area contributed by atoms with E-state index in [0.29, 0.717) is 35.9 Å². The monoisotopic (exact) mass is 419 g/mol. The van der Waals surface area contributed by atoms with Gasteiger partial charge in [0, 0.05) is 23.0 Å². The van der Waals surface area contributed by atoms with Crippen molar-refractivity contribution in [2.75, 3.05) is 23.8 Å². The highest BCUT2D eigenvalue weighted by atomic mass is 16.5. The first-order chi connectivity index (χ1) is 15.0. The first kappa shape index (κ1) is 21.7. The number of anilines is 2. The number of rotatable bonds is 10. The van der Waals surface area contributed by atoms with Crippen LogP contribution in [-0.2, 0) is 11.3 Å². The summed E-state index contributed by atoms with van der Waals surface area (Å²) in [5.41, 5.74) is 2.80. The van der Waals surface area contributed by atoms with Crippen molar-refractivity contribution in [2.45, 2.75) is 13.5 Å². The second-order valence-corrected chi connectivity index (χ2v) is 7.01. The fourth-order valence-corrected chi connectivity index (χ4v) is 2.68. The number of ether oxygens (including phenoxy) is 1. The first-order valence-electron chi connectivity index (χ1n) is 9.81. The second-order valence-electron chi connectivity index (χ2n) is 7.01. The molecule has 0 radical (unpaired) electrons. The summed E-state index contributed by atoms with van der Waals surface area (Å²) in [5.74, 6) is 0.958. The van der Waals surface area contributed by atoms with Gasteiger partial charge < -0.3 is 25.1 Å². The average Bonchev–Trinajstić information content (AvgIpc) is 3.29. The van der Waals surface area contributed by atoms with Crippen LogP contribution in [0.3, 0.4) is 0 Å². The minimum Gasteiger partial charge on any atom is -0.489 e. The largest absolute Gasteiger partial charge is 0.489 e. The van der Waals surface area contributed by atoms with Gasteiger partial charge in [0.25, 0.3) is 5.91 Å². The third kappa shape index (κ3) is 7.08. The lowest BCUT2D eigenvalue weighted by molar-refractivity contribution is -0.114. The van der Waals surface area contributed by atoms with Crippen molar-refractivity contribution in [3.05, 3.63) is 90.4 Å². The van der Waals surface area contributed by atoms with Gasteiger partial charge in [0.05, 0.1) is 19.4 Å². The van der Waals surface area contributed by atoms with Gasteiger partial charge in [0.1, 0.15) is 18.1 Å². The molecule has 2 aromatic carbocycles. The summed E-state index contributed by atoms with van der Waals surface area (Å²) in [7, 11) is 0. The van der Waals surface area contributed by atoms with Crippen molar-refractivity contribution in [3.63, 3.8) is 0 Å². The molecule has 3 rings (SSSR count). The molecule has 0 bridgehead atoms. The van der Waals surface area contributed by atoms with Crippen LogP contribution in [0.4, 0.5) is 11.4 Å². The maximum absolute atomic E-state index is 12.2. The Morgan fingerprint density at radius 1 is 1.03 bits per heavy atom. The van der Waals surface area contributed by atoms with Crippen molar-refractivity contribution in [3.8, 4) is 5.75 Å². The molecule has 0 unspecified atom stereocenters. The van der Waals surface area contributed by atoms with Gasteiger partial charge in [0.15, 0.2) is 0 Å². The fourth-order valence-electron chi connectivity index (χ4n) is 2.68. The number of amides is 2. The molecule has 7 nitrogen and oxygen atoms in total. The van der Waals surface area contributed by atoms with Crippen LogP contribution in [-0.4, -0.2) is 25.0 Å². The minimum absolute atomic E-state index is 0.0926. The van der Waals surface area contributed by atoms with Crippen molar-refractivity contribution < 1.29 is 18.7 Å². The number of carbonyl (C=O) groups is 2. The third-order valence-corrected chi connectivity index (χ3v) is 4.21. The van der Waals surface area contributed by atoms with Gasteiger partial charge in [-0.25, -0.2) is 0 Å². The minimum atomic E-state index is -0.218. The quantitative estimate of drug-likeness (QED) is 0.428. The van der Waals surface area contributed by atoms with E-state index >= 15 is 0 Å². The molecular weight excluding hydrogens is 394 g/mol. The van der Waals surface area contributed by atoms with Gasteiger partial charge >= 0.3 is 0 Å². The Bertz CT molecular complexity index is 1030. The molecule has 0 aliphatic rings. The first-order valence-corrected chi connectivity index (χ1v) is 9.81. The molecule has 0 fully saturated rings. The molecule has 7 heteroatoms. The molecule has 31 heavy (non-hydrogen) atoms. The van der Waals surface area contributed by atoms with Crippen LogP contribution < -0.4 is 20.7 Å². The highest BCUT2D eigenvalue weighted by Gasteiger charge is 2.08. The Kier molecular flexibility index (Phi) is 7.48. The zero-order chi connectivity index (χ0) is 22.1. The van der Waals surface area contributed by atoms with Gasteiger partial charge in [-0.15, -0.1) is 0 Å². The summed E-state index contributed by atoms with van der Waals surface area (Å²) in [6.45, 7) is 6.56. The molecule has 3 aromatic rings. The molecule has 0 aliphatic carbocycles. The number of benzene rings is 2. The zero-order valence-corrected chi connectivity index (χ0v) is 17.3. The van der Waals surface area contributed by atoms with Gasteiger partial charge in [0.2, 0.25) is 5.91 Å². The standard InChI is InChI=1S/C24H25N3O4/c1-17(2)16-31-21-6-3-5-20(13-21)25-15-23(28)27-19-10-8-18(9-11-19)24(29)26-14-22-7-4-12-30-22/h3-13,25H,1,14-16H2,2H3,(H,26,29)(H,27,28). The van der Waals surface area contributed by atoms with Gasteiger partial charge in [-0.1, -0.05) is 12.6 Å². The fraction of sp³-hybridized carbons (Fsp3) is 0.167. The van der Waals surface area contributed by atoms with Crippen LogP contribution in [0.15, 0.2) is 83.5 Å². The van der Waals surface area contributed by atoms with E-state index < -0.39 is 0 Å². The zero-order valence-electron chi connectivity index (χ0n) is 17.3. The Labute approximate surface area is 181 Å². The molecule has 1 aromatic heterocycles. The number of furan rings is 1.